The maximum absolute atomic E-state index is 12.9. The van der Waals surface area contributed by atoms with Crippen molar-refractivity contribution in [2.24, 2.45) is 10.1 Å². The summed E-state index contributed by atoms with van der Waals surface area (Å²) in [6.45, 7) is 8.11. The minimum atomic E-state index is -0.501. The van der Waals surface area contributed by atoms with Crippen LogP contribution >= 0.6 is 23.4 Å². The Morgan fingerprint density at radius 2 is 1.97 bits per heavy atom. The summed E-state index contributed by atoms with van der Waals surface area (Å²) >= 11 is 7.40. The third-order valence-corrected chi connectivity index (χ3v) is 7.49. The Labute approximate surface area is 218 Å². The molecule has 0 aliphatic carbocycles. The van der Waals surface area contributed by atoms with Gasteiger partial charge in [0.1, 0.15) is 5.04 Å². The number of amidine groups is 2. The van der Waals surface area contributed by atoms with E-state index in [-0.39, 0.29) is 23.7 Å². The average molecular weight is 525 g/mol. The molecule has 1 aromatic carbocycles. The number of hydrazone groups is 1. The predicted octanol–water partition coefficient (Wildman–Crippen LogP) is 3.92. The van der Waals surface area contributed by atoms with E-state index in [1.54, 1.807) is 11.0 Å². The molecule has 5 rings (SSSR count). The lowest BCUT2D eigenvalue weighted by Crippen LogP contribution is -2.41. The first-order valence-corrected chi connectivity index (χ1v) is 12.7. The van der Waals surface area contributed by atoms with Crippen molar-refractivity contribution in [1.29, 1.82) is 5.41 Å². The van der Waals surface area contributed by atoms with Gasteiger partial charge in [0.05, 0.1) is 25.2 Å². The van der Waals surface area contributed by atoms with Gasteiger partial charge in [-0.3, -0.25) is 15.0 Å². The first-order valence-electron chi connectivity index (χ1n) is 11.5. The third-order valence-electron chi connectivity index (χ3n) is 6.34. The molecule has 1 saturated heterocycles. The van der Waals surface area contributed by atoms with Gasteiger partial charge in [-0.05, 0) is 67.9 Å². The van der Waals surface area contributed by atoms with E-state index in [2.05, 4.69) is 14.7 Å². The van der Waals surface area contributed by atoms with Crippen molar-refractivity contribution < 1.29 is 14.3 Å². The zero-order valence-corrected chi connectivity index (χ0v) is 21.7. The summed E-state index contributed by atoms with van der Waals surface area (Å²) in [5, 5.41) is 15.9. The number of carbonyl (C=O) groups is 2. The molecule has 3 aliphatic rings. The summed E-state index contributed by atoms with van der Waals surface area (Å²) in [4.78, 5) is 31.4. The van der Waals surface area contributed by atoms with Crippen LogP contribution in [0.15, 0.2) is 39.9 Å². The second-order valence-electron chi connectivity index (χ2n) is 8.78. The number of hydrogen-bond donors (Lipinski definition) is 1. The number of amides is 2. The van der Waals surface area contributed by atoms with E-state index in [9.17, 15) is 9.59 Å². The van der Waals surface area contributed by atoms with E-state index in [1.165, 1.54) is 5.01 Å². The van der Waals surface area contributed by atoms with E-state index >= 15 is 0 Å². The highest BCUT2D eigenvalue weighted by molar-refractivity contribution is 8.27. The van der Waals surface area contributed by atoms with E-state index in [1.807, 2.05) is 45.0 Å². The van der Waals surface area contributed by atoms with Crippen LogP contribution in [0.1, 0.15) is 28.9 Å². The molecule has 1 aromatic heterocycles. The molecule has 3 aliphatic heterocycles. The minimum Gasteiger partial charge on any atom is -0.378 e. The normalized spacial score (nSPS) is 19.1. The number of aliphatic imine (C=N–C) groups is 1. The van der Waals surface area contributed by atoms with Crippen LogP contribution < -0.4 is 0 Å². The van der Waals surface area contributed by atoms with Crippen molar-refractivity contribution >= 4 is 57.3 Å². The first kappa shape index (κ1) is 24.5. The highest BCUT2D eigenvalue weighted by atomic mass is 35.5. The molecule has 11 heteroatoms. The number of aromatic nitrogens is 1. The lowest BCUT2D eigenvalue weighted by Gasteiger charge is -2.26. The number of aryl methyl sites for hydroxylation is 2. The molecule has 4 heterocycles. The topological polar surface area (TPSA) is 103 Å². The highest BCUT2D eigenvalue weighted by Crippen LogP contribution is 2.31. The van der Waals surface area contributed by atoms with E-state index in [0.29, 0.717) is 41.5 Å². The molecule has 0 bridgehead atoms. The number of carbonyl (C=O) groups excluding carboxylic acids is 2. The Kier molecular flexibility index (Phi) is 6.59. The molecule has 1 fully saturated rings. The summed E-state index contributed by atoms with van der Waals surface area (Å²) in [5.74, 6) is -0.615. The fraction of sp³-hybridized carbons (Fsp3) is 0.320. The monoisotopic (exact) mass is 524 g/mol. The number of nitrogens with one attached hydrogen (secondary N) is 1. The number of nitrogens with zero attached hydrogens (tertiary/aromatic N) is 5. The standard InChI is InChI=1S/C25H25ClN6O3S/c1-14-4-5-18(26)12-20(14)31-15(2)10-17(16(31)3)11-19-23(27)32-25(28-24(19)34)36-21(29-32)13-22(33)30-6-8-35-9-7-30/h4-5,10-12,27H,6-9,13H2,1-3H3. The predicted molar refractivity (Wildman–Crippen MR) is 142 cm³/mol. The molecule has 186 valence electrons. The quantitative estimate of drug-likeness (QED) is 0.610. The van der Waals surface area contributed by atoms with Crippen LogP contribution in [0.2, 0.25) is 5.02 Å². The number of morpholine rings is 1. The van der Waals surface area contributed by atoms with Gasteiger partial charge in [0.25, 0.3) is 5.91 Å². The van der Waals surface area contributed by atoms with E-state index in [4.69, 9.17) is 21.7 Å². The molecule has 1 N–H and O–H groups in total. The van der Waals surface area contributed by atoms with Gasteiger partial charge in [-0.1, -0.05) is 17.7 Å². The Bertz CT molecular complexity index is 1390. The third kappa shape index (κ3) is 4.52. The van der Waals surface area contributed by atoms with Gasteiger partial charge in [0.15, 0.2) is 5.84 Å². The SMILES string of the molecule is Cc1ccc(Cl)cc1-n1c(C)cc(C=C2C(=N)N3N=C(CC(=O)N4CCOCC4)SC3=NC2=O)c1C. The van der Waals surface area contributed by atoms with Crippen LogP contribution in [0, 0.1) is 26.2 Å². The summed E-state index contributed by atoms with van der Waals surface area (Å²) in [7, 11) is 0. The Morgan fingerprint density at radius 3 is 2.72 bits per heavy atom. The number of benzene rings is 1. The number of thioether (sulfide) groups is 1. The van der Waals surface area contributed by atoms with Crippen molar-refractivity contribution in [3.8, 4) is 5.69 Å². The fourth-order valence-electron chi connectivity index (χ4n) is 4.44. The molecule has 9 nitrogen and oxygen atoms in total. The van der Waals surface area contributed by atoms with Crippen molar-refractivity contribution in [2.75, 3.05) is 26.3 Å². The maximum Gasteiger partial charge on any atom is 0.283 e. The Balaban J connectivity index is 1.41. The average Bonchev–Trinajstić information content (AvgIpc) is 3.38. The molecule has 36 heavy (non-hydrogen) atoms. The van der Waals surface area contributed by atoms with Gasteiger partial charge in [-0.25, -0.2) is 0 Å². The van der Waals surface area contributed by atoms with Gasteiger partial charge in [0.2, 0.25) is 11.1 Å². The number of hydrogen-bond acceptors (Lipinski definition) is 6. The largest absolute Gasteiger partial charge is 0.378 e. The van der Waals surface area contributed by atoms with E-state index in [0.717, 1.165) is 40.0 Å². The van der Waals surface area contributed by atoms with Crippen LogP contribution in [0.4, 0.5) is 0 Å². The fourth-order valence-corrected chi connectivity index (χ4v) is 5.48. The number of halogens is 1. The molecule has 0 unspecified atom stereocenters. The lowest BCUT2D eigenvalue weighted by atomic mass is 10.1. The van der Waals surface area contributed by atoms with Gasteiger partial charge < -0.3 is 14.2 Å². The molecule has 0 radical (unpaired) electrons. The molecule has 2 aromatic rings. The summed E-state index contributed by atoms with van der Waals surface area (Å²) in [5.41, 5.74) is 4.87. The van der Waals surface area contributed by atoms with Crippen molar-refractivity contribution in [1.82, 2.24) is 14.5 Å². The van der Waals surface area contributed by atoms with Crippen molar-refractivity contribution in [3.63, 3.8) is 0 Å². The number of ether oxygens (including phenoxy) is 1. The number of fused-ring (bicyclic) bond motifs is 1. The van der Waals surface area contributed by atoms with Crippen LogP contribution in [-0.4, -0.2) is 68.6 Å². The van der Waals surface area contributed by atoms with Crippen LogP contribution in [-0.2, 0) is 14.3 Å². The maximum atomic E-state index is 12.9. The van der Waals surface area contributed by atoms with Gasteiger partial charge in [-0.2, -0.15) is 15.1 Å². The molecule has 0 atom stereocenters. The molecule has 0 spiro atoms. The zero-order chi connectivity index (χ0) is 25.6. The molecule has 0 saturated carbocycles. The first-order chi connectivity index (χ1) is 17.2. The summed E-state index contributed by atoms with van der Waals surface area (Å²) < 4.78 is 7.38. The second-order valence-corrected chi connectivity index (χ2v) is 10.3. The summed E-state index contributed by atoms with van der Waals surface area (Å²) in [6.07, 6.45) is 1.78. The zero-order valence-electron chi connectivity index (χ0n) is 20.2. The Hall–Kier alpha value is -3.21. The van der Waals surface area contributed by atoms with Crippen LogP contribution in [0.3, 0.4) is 0 Å². The van der Waals surface area contributed by atoms with Crippen LogP contribution in [0.5, 0.6) is 0 Å². The highest BCUT2D eigenvalue weighted by Gasteiger charge is 2.36. The molecular weight excluding hydrogens is 500 g/mol. The smallest absolute Gasteiger partial charge is 0.283 e. The Morgan fingerprint density at radius 1 is 1.22 bits per heavy atom. The van der Waals surface area contributed by atoms with Crippen molar-refractivity contribution in [3.05, 3.63) is 57.4 Å². The van der Waals surface area contributed by atoms with Crippen molar-refractivity contribution in [2.45, 2.75) is 27.2 Å². The minimum absolute atomic E-state index is 0.0534. The second kappa shape index (κ2) is 9.68. The van der Waals surface area contributed by atoms with Gasteiger partial charge >= 0.3 is 0 Å². The molecular formula is C25H25ClN6O3S. The van der Waals surface area contributed by atoms with Crippen LogP contribution in [0.25, 0.3) is 11.8 Å². The molecule has 2 amide bonds. The lowest BCUT2D eigenvalue weighted by molar-refractivity contribution is -0.133. The van der Waals surface area contributed by atoms with Gasteiger partial charge in [0, 0.05) is 35.2 Å². The number of rotatable bonds is 4. The van der Waals surface area contributed by atoms with Gasteiger partial charge in [-0.15, -0.1) is 0 Å². The van der Waals surface area contributed by atoms with E-state index < -0.39 is 5.91 Å². The summed E-state index contributed by atoms with van der Waals surface area (Å²) in [6, 6.07) is 7.70.